The van der Waals surface area contributed by atoms with Crippen LogP contribution >= 0.6 is 0 Å². The number of aliphatic carboxylic acids is 1. The molecule has 18 heavy (non-hydrogen) atoms. The fraction of sp³-hybridized carbons (Fsp3) is 0.538. The molecule has 0 bridgehead atoms. The van der Waals surface area contributed by atoms with Crippen LogP contribution in [-0.2, 0) is 14.3 Å². The van der Waals surface area contributed by atoms with Gasteiger partial charge in [-0.3, -0.25) is 4.79 Å². The van der Waals surface area contributed by atoms with Crippen LogP contribution in [0.5, 0.6) is 0 Å². The first kappa shape index (κ1) is 16.4. The fourth-order valence-corrected chi connectivity index (χ4v) is 1.27. The standard InChI is InChI=1S/C13H20O5/c1-9(11(14)8-12(15)16)6-4-5-7-10(2)13(17)18-3/h4-5,7,9,11,14H,6,8H2,1-3H3,(H,15,16)/b5-4+,10-7+/t9-,11+/m0/s1. The first-order valence-corrected chi connectivity index (χ1v) is 5.70. The van der Waals surface area contributed by atoms with Crippen molar-refractivity contribution in [3.05, 3.63) is 23.8 Å². The number of methoxy groups -OCH3 is 1. The molecule has 102 valence electrons. The minimum atomic E-state index is -1.01. The van der Waals surface area contributed by atoms with Crippen LogP contribution in [-0.4, -0.2) is 35.4 Å². The van der Waals surface area contributed by atoms with Gasteiger partial charge in [0, 0.05) is 5.57 Å². The van der Waals surface area contributed by atoms with Gasteiger partial charge in [0.05, 0.1) is 19.6 Å². The number of aliphatic hydroxyl groups excluding tert-OH is 1. The molecule has 5 nitrogen and oxygen atoms in total. The van der Waals surface area contributed by atoms with Crippen LogP contribution in [0.25, 0.3) is 0 Å². The molecule has 0 unspecified atom stereocenters. The quantitative estimate of drug-likeness (QED) is 0.410. The zero-order valence-electron chi connectivity index (χ0n) is 10.9. The Morgan fingerprint density at radius 1 is 1.39 bits per heavy atom. The van der Waals surface area contributed by atoms with E-state index in [1.165, 1.54) is 7.11 Å². The zero-order valence-corrected chi connectivity index (χ0v) is 10.9. The summed E-state index contributed by atoms with van der Waals surface area (Å²) in [5, 5.41) is 18.0. The van der Waals surface area contributed by atoms with Gasteiger partial charge >= 0.3 is 11.9 Å². The van der Waals surface area contributed by atoms with Crippen LogP contribution in [0, 0.1) is 5.92 Å². The Bertz CT molecular complexity index is 343. The number of aliphatic hydroxyl groups is 1. The highest BCUT2D eigenvalue weighted by Gasteiger charge is 2.15. The van der Waals surface area contributed by atoms with Crippen LogP contribution in [0.3, 0.4) is 0 Å². The number of carbonyl (C=O) groups is 2. The number of hydrogen-bond acceptors (Lipinski definition) is 4. The molecule has 0 rings (SSSR count). The molecule has 0 aromatic heterocycles. The van der Waals surface area contributed by atoms with Gasteiger partial charge in [0.1, 0.15) is 0 Å². The second kappa shape index (κ2) is 8.47. The Hall–Kier alpha value is -1.62. The summed E-state index contributed by atoms with van der Waals surface area (Å²) in [4.78, 5) is 21.4. The maximum atomic E-state index is 11.0. The molecule has 0 aliphatic rings. The van der Waals surface area contributed by atoms with Crippen molar-refractivity contribution in [1.82, 2.24) is 0 Å². The van der Waals surface area contributed by atoms with Crippen LogP contribution in [0.1, 0.15) is 26.7 Å². The summed E-state index contributed by atoms with van der Waals surface area (Å²) in [5.74, 6) is -1.55. The monoisotopic (exact) mass is 256 g/mol. The van der Waals surface area contributed by atoms with Crippen molar-refractivity contribution >= 4 is 11.9 Å². The summed E-state index contributed by atoms with van der Waals surface area (Å²) in [6.45, 7) is 3.41. The molecule has 0 saturated heterocycles. The Morgan fingerprint density at radius 2 is 2.00 bits per heavy atom. The molecule has 0 amide bonds. The highest BCUT2D eigenvalue weighted by atomic mass is 16.5. The molecule has 5 heteroatoms. The number of esters is 1. The molecule has 0 aliphatic heterocycles. The van der Waals surface area contributed by atoms with Crippen LogP contribution in [0.4, 0.5) is 0 Å². The van der Waals surface area contributed by atoms with E-state index >= 15 is 0 Å². The number of ether oxygens (including phenoxy) is 1. The van der Waals surface area contributed by atoms with Gasteiger partial charge < -0.3 is 14.9 Å². The van der Waals surface area contributed by atoms with E-state index in [0.29, 0.717) is 12.0 Å². The third-order valence-electron chi connectivity index (χ3n) is 2.54. The molecule has 0 saturated carbocycles. The Kier molecular flexibility index (Phi) is 7.71. The molecule has 0 heterocycles. The van der Waals surface area contributed by atoms with Crippen LogP contribution < -0.4 is 0 Å². The Balaban J connectivity index is 4.16. The minimum Gasteiger partial charge on any atom is -0.481 e. The van der Waals surface area contributed by atoms with Crippen molar-refractivity contribution < 1.29 is 24.5 Å². The average Bonchev–Trinajstić information content (AvgIpc) is 2.31. The molecule has 0 aliphatic carbocycles. The molecule has 0 aromatic carbocycles. The van der Waals surface area contributed by atoms with E-state index in [0.717, 1.165) is 0 Å². The summed E-state index contributed by atoms with van der Waals surface area (Å²) in [6, 6.07) is 0. The Labute approximate surface area is 107 Å². The van der Waals surface area contributed by atoms with Gasteiger partial charge in [-0.2, -0.15) is 0 Å². The number of carboxylic acid groups (broad SMARTS) is 1. The molecule has 0 radical (unpaired) electrons. The predicted octanol–water partition coefficient (Wildman–Crippen LogP) is 1.52. The van der Waals surface area contributed by atoms with E-state index < -0.39 is 18.0 Å². The summed E-state index contributed by atoms with van der Waals surface area (Å²) in [6.07, 6.45) is 4.50. The smallest absolute Gasteiger partial charge is 0.333 e. The first-order valence-electron chi connectivity index (χ1n) is 5.70. The van der Waals surface area contributed by atoms with Gasteiger partial charge in [-0.1, -0.05) is 25.2 Å². The lowest BCUT2D eigenvalue weighted by atomic mass is 9.98. The lowest BCUT2D eigenvalue weighted by Gasteiger charge is -2.14. The lowest BCUT2D eigenvalue weighted by Crippen LogP contribution is -2.20. The van der Waals surface area contributed by atoms with Gasteiger partial charge in [0.15, 0.2) is 0 Å². The van der Waals surface area contributed by atoms with Crippen molar-refractivity contribution in [2.45, 2.75) is 32.8 Å². The lowest BCUT2D eigenvalue weighted by molar-refractivity contribution is -0.140. The van der Waals surface area contributed by atoms with Gasteiger partial charge in [0.25, 0.3) is 0 Å². The third kappa shape index (κ3) is 6.85. The molecule has 0 fully saturated rings. The molecule has 2 atom stereocenters. The number of rotatable bonds is 7. The van der Waals surface area contributed by atoms with Crippen LogP contribution in [0.15, 0.2) is 23.8 Å². The van der Waals surface area contributed by atoms with Gasteiger partial charge in [-0.25, -0.2) is 4.79 Å². The van der Waals surface area contributed by atoms with E-state index in [-0.39, 0.29) is 12.3 Å². The van der Waals surface area contributed by atoms with Gasteiger partial charge in [-0.05, 0) is 19.3 Å². The maximum Gasteiger partial charge on any atom is 0.333 e. The highest BCUT2D eigenvalue weighted by Crippen LogP contribution is 2.12. The van der Waals surface area contributed by atoms with Crippen molar-refractivity contribution in [3.63, 3.8) is 0 Å². The topological polar surface area (TPSA) is 83.8 Å². The SMILES string of the molecule is COC(=O)/C(C)=C/C=C/C[C@H](C)[C@H](O)CC(=O)O. The summed E-state index contributed by atoms with van der Waals surface area (Å²) in [7, 11) is 1.31. The highest BCUT2D eigenvalue weighted by molar-refractivity contribution is 5.87. The largest absolute Gasteiger partial charge is 0.481 e. The first-order chi connectivity index (χ1) is 8.38. The maximum absolute atomic E-state index is 11.0. The van der Waals surface area contributed by atoms with E-state index in [9.17, 15) is 14.7 Å². The van der Waals surface area contributed by atoms with Crippen molar-refractivity contribution in [2.24, 2.45) is 5.92 Å². The molecule has 0 spiro atoms. The third-order valence-corrected chi connectivity index (χ3v) is 2.54. The molecule has 2 N–H and O–H groups in total. The molecule has 0 aromatic rings. The van der Waals surface area contributed by atoms with Crippen molar-refractivity contribution in [2.75, 3.05) is 7.11 Å². The molecular formula is C13H20O5. The van der Waals surface area contributed by atoms with E-state index in [2.05, 4.69) is 4.74 Å². The number of carboxylic acids is 1. The van der Waals surface area contributed by atoms with Gasteiger partial charge in [0.2, 0.25) is 0 Å². The van der Waals surface area contributed by atoms with Gasteiger partial charge in [-0.15, -0.1) is 0 Å². The Morgan fingerprint density at radius 3 is 2.50 bits per heavy atom. The molecular weight excluding hydrogens is 236 g/mol. The average molecular weight is 256 g/mol. The zero-order chi connectivity index (χ0) is 14.1. The predicted molar refractivity (Wildman–Crippen MR) is 67.0 cm³/mol. The normalized spacial score (nSPS) is 15.4. The van der Waals surface area contributed by atoms with Crippen molar-refractivity contribution in [3.8, 4) is 0 Å². The van der Waals surface area contributed by atoms with E-state index in [1.807, 2.05) is 0 Å². The fourth-order valence-electron chi connectivity index (χ4n) is 1.27. The number of allylic oxidation sites excluding steroid dienone is 3. The number of hydrogen-bond donors (Lipinski definition) is 2. The van der Waals surface area contributed by atoms with E-state index in [1.54, 1.807) is 32.1 Å². The van der Waals surface area contributed by atoms with Crippen LogP contribution in [0.2, 0.25) is 0 Å². The number of carbonyl (C=O) groups excluding carboxylic acids is 1. The second-order valence-corrected chi connectivity index (χ2v) is 4.15. The van der Waals surface area contributed by atoms with Crippen molar-refractivity contribution in [1.29, 1.82) is 0 Å². The second-order valence-electron chi connectivity index (χ2n) is 4.15. The summed E-state index contributed by atoms with van der Waals surface area (Å²) in [5.41, 5.74) is 0.479. The van der Waals surface area contributed by atoms with E-state index in [4.69, 9.17) is 5.11 Å². The summed E-state index contributed by atoms with van der Waals surface area (Å²) >= 11 is 0. The summed E-state index contributed by atoms with van der Waals surface area (Å²) < 4.78 is 4.53. The minimum absolute atomic E-state index is 0.149.